The molecule has 1 fully saturated rings. The van der Waals surface area contributed by atoms with E-state index in [0.717, 1.165) is 0 Å². The van der Waals surface area contributed by atoms with Crippen molar-refractivity contribution in [2.75, 3.05) is 0 Å². The van der Waals surface area contributed by atoms with Crippen LogP contribution in [0.5, 0.6) is 0 Å². The third kappa shape index (κ3) is 1.34. The zero-order valence-corrected chi connectivity index (χ0v) is 6.70. The fourth-order valence-electron chi connectivity index (χ4n) is 1.43. The molecular formula is C7H14O5. The first-order valence-electron chi connectivity index (χ1n) is 3.87. The van der Waals surface area contributed by atoms with Crippen LogP contribution in [-0.4, -0.2) is 56.1 Å². The third-order valence-corrected chi connectivity index (χ3v) is 2.48. The summed E-state index contributed by atoms with van der Waals surface area (Å²) in [7, 11) is 0. The Kier molecular flexibility index (Phi) is 2.70. The Morgan fingerprint density at radius 3 is 1.17 bits per heavy atom. The van der Waals surface area contributed by atoms with Gasteiger partial charge in [0.2, 0.25) is 0 Å². The minimum absolute atomic E-state index is 0.640. The van der Waals surface area contributed by atoms with Crippen molar-refractivity contribution in [2.24, 2.45) is 5.92 Å². The first kappa shape index (κ1) is 9.88. The van der Waals surface area contributed by atoms with Gasteiger partial charge in [-0.05, 0) is 0 Å². The standard InChI is InChI=1S/C7H14O5/c1-2-3(8)5(10)7(12)6(11)4(2)9/h2-12H,1H3/t2?,3-,4-,5-,6+,7?/m0/s1. The molecule has 0 bridgehead atoms. The summed E-state index contributed by atoms with van der Waals surface area (Å²) in [5.41, 5.74) is 0. The van der Waals surface area contributed by atoms with E-state index in [1.54, 1.807) is 0 Å². The maximum Gasteiger partial charge on any atom is 0.111 e. The van der Waals surface area contributed by atoms with Gasteiger partial charge in [0, 0.05) is 5.92 Å². The Balaban J connectivity index is 2.76. The molecule has 0 saturated heterocycles. The highest BCUT2D eigenvalue weighted by molar-refractivity contribution is 4.96. The van der Waals surface area contributed by atoms with E-state index < -0.39 is 36.4 Å². The quantitative estimate of drug-likeness (QED) is 0.281. The van der Waals surface area contributed by atoms with E-state index >= 15 is 0 Å². The molecular weight excluding hydrogens is 164 g/mol. The lowest BCUT2D eigenvalue weighted by Gasteiger charge is -2.40. The van der Waals surface area contributed by atoms with Gasteiger partial charge in [0.05, 0.1) is 12.2 Å². The molecule has 1 rings (SSSR count). The molecule has 1 saturated carbocycles. The van der Waals surface area contributed by atoms with Crippen molar-refractivity contribution in [1.82, 2.24) is 0 Å². The maximum absolute atomic E-state index is 9.22. The Bertz CT molecular complexity index is 103. The lowest BCUT2D eigenvalue weighted by molar-refractivity contribution is -0.200. The fourth-order valence-corrected chi connectivity index (χ4v) is 1.43. The van der Waals surface area contributed by atoms with Gasteiger partial charge in [0.25, 0.3) is 0 Å². The number of hydrogen-bond acceptors (Lipinski definition) is 5. The van der Waals surface area contributed by atoms with Gasteiger partial charge in [-0.25, -0.2) is 0 Å². The van der Waals surface area contributed by atoms with Gasteiger partial charge in [-0.15, -0.1) is 0 Å². The van der Waals surface area contributed by atoms with E-state index in [-0.39, 0.29) is 0 Å². The molecule has 0 aromatic rings. The van der Waals surface area contributed by atoms with Gasteiger partial charge in [-0.2, -0.15) is 0 Å². The lowest BCUT2D eigenvalue weighted by atomic mass is 9.80. The molecule has 72 valence electrons. The van der Waals surface area contributed by atoms with E-state index in [4.69, 9.17) is 15.3 Å². The summed E-state index contributed by atoms with van der Waals surface area (Å²) in [4.78, 5) is 0. The smallest absolute Gasteiger partial charge is 0.111 e. The number of aliphatic hydroxyl groups excluding tert-OH is 5. The Hall–Kier alpha value is -0.200. The van der Waals surface area contributed by atoms with Gasteiger partial charge >= 0.3 is 0 Å². The first-order valence-corrected chi connectivity index (χ1v) is 3.87. The van der Waals surface area contributed by atoms with Crippen molar-refractivity contribution in [1.29, 1.82) is 0 Å². The van der Waals surface area contributed by atoms with Gasteiger partial charge < -0.3 is 25.5 Å². The van der Waals surface area contributed by atoms with Crippen LogP contribution in [0.15, 0.2) is 0 Å². The van der Waals surface area contributed by atoms with Crippen LogP contribution in [0.2, 0.25) is 0 Å². The molecule has 2 unspecified atom stereocenters. The van der Waals surface area contributed by atoms with Crippen molar-refractivity contribution in [3.8, 4) is 0 Å². The van der Waals surface area contributed by atoms with Crippen LogP contribution in [0.1, 0.15) is 6.92 Å². The van der Waals surface area contributed by atoms with E-state index in [0.29, 0.717) is 0 Å². The SMILES string of the molecule is CC1[C@H](O)[C@H](O)C(O)[C@H](O)[C@H]1O. The highest BCUT2D eigenvalue weighted by Gasteiger charge is 2.45. The van der Waals surface area contributed by atoms with Gasteiger partial charge in [0.1, 0.15) is 18.3 Å². The van der Waals surface area contributed by atoms with Crippen LogP contribution in [0.4, 0.5) is 0 Å². The summed E-state index contributed by atoms with van der Waals surface area (Å²) < 4.78 is 0. The van der Waals surface area contributed by atoms with Gasteiger partial charge in [0.15, 0.2) is 0 Å². The summed E-state index contributed by atoms with van der Waals surface area (Å²) in [6.45, 7) is 1.49. The van der Waals surface area contributed by atoms with Crippen LogP contribution in [0.3, 0.4) is 0 Å². The fraction of sp³-hybridized carbons (Fsp3) is 1.00. The molecule has 0 aromatic carbocycles. The monoisotopic (exact) mass is 178 g/mol. The average molecular weight is 178 g/mol. The van der Waals surface area contributed by atoms with Crippen LogP contribution < -0.4 is 0 Å². The number of hydrogen-bond donors (Lipinski definition) is 5. The van der Waals surface area contributed by atoms with Crippen molar-refractivity contribution in [2.45, 2.75) is 37.4 Å². The summed E-state index contributed by atoms with van der Waals surface area (Å²) in [5.74, 6) is -0.640. The second-order valence-corrected chi connectivity index (χ2v) is 3.31. The highest BCUT2D eigenvalue weighted by Crippen LogP contribution is 2.25. The summed E-state index contributed by atoms with van der Waals surface area (Å²) in [6, 6.07) is 0. The first-order chi connectivity index (χ1) is 5.46. The number of rotatable bonds is 0. The molecule has 5 heteroatoms. The zero-order valence-electron chi connectivity index (χ0n) is 6.70. The molecule has 0 radical (unpaired) electrons. The topological polar surface area (TPSA) is 101 Å². The Labute approximate surface area is 69.9 Å². The molecule has 0 spiro atoms. The molecule has 1 aliphatic rings. The van der Waals surface area contributed by atoms with Gasteiger partial charge in [-0.1, -0.05) is 6.92 Å². The van der Waals surface area contributed by atoms with Crippen molar-refractivity contribution < 1.29 is 25.5 Å². The average Bonchev–Trinajstić information content (AvgIpc) is 2.08. The highest BCUT2D eigenvalue weighted by atomic mass is 16.4. The van der Waals surface area contributed by atoms with Crippen LogP contribution in [-0.2, 0) is 0 Å². The van der Waals surface area contributed by atoms with E-state index in [9.17, 15) is 10.2 Å². The van der Waals surface area contributed by atoms with E-state index in [1.165, 1.54) is 6.92 Å². The predicted octanol–water partition coefficient (Wildman–Crippen LogP) is -2.56. The molecule has 0 aliphatic heterocycles. The molecule has 0 heterocycles. The predicted molar refractivity (Wildman–Crippen MR) is 39.2 cm³/mol. The van der Waals surface area contributed by atoms with Crippen LogP contribution >= 0.6 is 0 Å². The molecule has 1 aliphatic carbocycles. The third-order valence-electron chi connectivity index (χ3n) is 2.48. The van der Waals surface area contributed by atoms with Crippen LogP contribution in [0.25, 0.3) is 0 Å². The lowest BCUT2D eigenvalue weighted by Crippen LogP contribution is -2.60. The molecule has 0 aromatic heterocycles. The normalized spacial score (nSPS) is 55.5. The largest absolute Gasteiger partial charge is 0.390 e. The number of aliphatic hydroxyl groups is 5. The Morgan fingerprint density at radius 2 is 0.833 bits per heavy atom. The summed E-state index contributed by atoms with van der Waals surface area (Å²) in [5, 5.41) is 45.8. The molecule has 0 amide bonds. The van der Waals surface area contributed by atoms with Gasteiger partial charge in [-0.3, -0.25) is 0 Å². The summed E-state index contributed by atoms with van der Waals surface area (Å²) >= 11 is 0. The van der Waals surface area contributed by atoms with E-state index in [2.05, 4.69) is 0 Å². The maximum atomic E-state index is 9.22. The second kappa shape index (κ2) is 3.27. The van der Waals surface area contributed by atoms with Crippen LogP contribution in [0, 0.1) is 5.92 Å². The zero-order chi connectivity index (χ0) is 9.46. The molecule has 5 nitrogen and oxygen atoms in total. The van der Waals surface area contributed by atoms with Crippen molar-refractivity contribution >= 4 is 0 Å². The molecule has 12 heavy (non-hydrogen) atoms. The van der Waals surface area contributed by atoms with Crippen molar-refractivity contribution in [3.05, 3.63) is 0 Å². The minimum atomic E-state index is -1.48. The second-order valence-electron chi connectivity index (χ2n) is 3.31. The van der Waals surface area contributed by atoms with Crippen molar-refractivity contribution in [3.63, 3.8) is 0 Å². The molecule has 6 atom stereocenters. The van der Waals surface area contributed by atoms with E-state index in [1.807, 2.05) is 0 Å². The minimum Gasteiger partial charge on any atom is -0.390 e. The summed E-state index contributed by atoms with van der Waals surface area (Å²) in [6.07, 6.45) is -6.65. The molecule has 5 N–H and O–H groups in total. The Morgan fingerprint density at radius 1 is 0.583 bits per heavy atom.